The van der Waals surface area contributed by atoms with Crippen molar-refractivity contribution in [3.63, 3.8) is 0 Å². The van der Waals surface area contributed by atoms with Gasteiger partial charge in [0.1, 0.15) is 0 Å². The summed E-state index contributed by atoms with van der Waals surface area (Å²) in [4.78, 5) is 26.7. The van der Waals surface area contributed by atoms with E-state index in [1.54, 1.807) is 0 Å². The third kappa shape index (κ3) is 56.2. The second kappa shape index (κ2) is 84.6. The van der Waals surface area contributed by atoms with Crippen molar-refractivity contribution in [2.75, 3.05) is 105 Å². The third-order valence-corrected chi connectivity index (χ3v) is 38.7. The highest BCUT2D eigenvalue weighted by Crippen LogP contribution is 2.54. The van der Waals surface area contributed by atoms with E-state index in [0.29, 0.717) is 16.5 Å². The van der Waals surface area contributed by atoms with E-state index in [1.807, 2.05) is 111 Å². The van der Waals surface area contributed by atoms with Crippen molar-refractivity contribution in [2.24, 2.45) is 142 Å². The van der Waals surface area contributed by atoms with E-state index in [-0.39, 0.29) is 14.9 Å². The first-order chi connectivity index (χ1) is 69.7. The lowest BCUT2D eigenvalue weighted by Gasteiger charge is -2.44. The van der Waals surface area contributed by atoms with Crippen LogP contribution in [0.4, 0.5) is 0 Å². The van der Waals surface area contributed by atoms with Gasteiger partial charge in [-0.15, -0.1) is 0 Å². The van der Waals surface area contributed by atoms with Crippen LogP contribution in [0.1, 0.15) is 583 Å². The topological polar surface area (TPSA) is 32.4 Å². The van der Waals surface area contributed by atoms with Crippen LogP contribution in [0.25, 0.3) is 0 Å². The summed E-state index contributed by atoms with van der Waals surface area (Å²) in [6, 6.07) is 9.55. The molecule has 15 aliphatic rings. The fraction of sp³-hybridized carbons (Fsp3) is 1.00. The predicted molar refractivity (Wildman–Crippen MR) is 691 cm³/mol. The van der Waals surface area contributed by atoms with E-state index in [0.717, 1.165) is 209 Å². The molecule has 0 N–H and O–H groups in total. The molecule has 0 aromatic carbocycles. The number of rotatable bonds is 19. The first kappa shape index (κ1) is 158. The summed E-state index contributed by atoms with van der Waals surface area (Å²) in [7, 11) is 0. The zero-order valence-electron chi connectivity index (χ0n) is 114. The highest BCUT2D eigenvalue weighted by Gasteiger charge is 2.53. The first-order valence-corrected chi connectivity index (χ1v) is 67.2. The van der Waals surface area contributed by atoms with Gasteiger partial charge in [0, 0.05) is 129 Å². The van der Waals surface area contributed by atoms with E-state index in [9.17, 15) is 0 Å². The van der Waals surface area contributed by atoms with Crippen LogP contribution in [0.5, 0.6) is 0 Å². The molecular formula is C140H300N10. The van der Waals surface area contributed by atoms with Crippen molar-refractivity contribution in [1.29, 1.82) is 0 Å². The van der Waals surface area contributed by atoms with Crippen molar-refractivity contribution >= 4 is 0 Å². The minimum Gasteiger partial charge on any atom is -0.301 e. The number of hydrogen-bond acceptors (Lipinski definition) is 10. The number of fused-ring (bicyclic) bond motifs is 6. The summed E-state index contributed by atoms with van der Waals surface area (Å²) >= 11 is 0. The normalized spacial score (nSPS) is 27.7. The van der Waals surface area contributed by atoms with Gasteiger partial charge in [0.05, 0.1) is 0 Å². The molecule has 0 aromatic heterocycles. The predicted octanol–water partition coefficient (Wildman–Crippen LogP) is 40.0. The number of likely N-dealkylation sites (tertiary alicyclic amines) is 9. The molecule has 11 saturated heterocycles. The Bertz CT molecular complexity index is 2770. The van der Waals surface area contributed by atoms with Gasteiger partial charge >= 0.3 is 0 Å². The fourth-order valence-electron chi connectivity index (χ4n) is 28.2. The molecule has 10 heteroatoms. The molecule has 15 rings (SSSR count). The minimum atomic E-state index is 0. The Balaban J connectivity index is -0.000000511. The molecule has 11 aliphatic heterocycles. The van der Waals surface area contributed by atoms with Crippen molar-refractivity contribution < 1.29 is 0 Å². The van der Waals surface area contributed by atoms with Gasteiger partial charge in [-0.1, -0.05) is 264 Å². The van der Waals surface area contributed by atoms with Gasteiger partial charge in [-0.3, -0.25) is 19.6 Å². The van der Waals surface area contributed by atoms with E-state index >= 15 is 0 Å². The Morgan fingerprint density at radius 2 is 0.553 bits per heavy atom. The van der Waals surface area contributed by atoms with E-state index in [2.05, 4.69) is 333 Å². The molecule has 11 heterocycles. The largest absolute Gasteiger partial charge is 0.301 e. The molecule has 0 aromatic rings. The lowest BCUT2D eigenvalue weighted by Crippen LogP contribution is -2.51. The van der Waals surface area contributed by atoms with Gasteiger partial charge in [-0.25, -0.2) is 0 Å². The van der Waals surface area contributed by atoms with E-state index in [1.165, 1.54) is 278 Å². The standard InChI is InChI=1S/C16H31N.3C13H25N.C13H27N.C12H23N.C12H25N.C11H23N.C10H21N.C9H19N.8C2H6.2CH4/c1-13(2)14-6-8-16(9-7-14)10-11-17(12-16)15(3,4)5;1-10(2)12-5-8-14(11(3)4)13(9-12)6-7-13;1-9(2)11-7-12-5-6-13(8-11)14(12)10(3)4;1-9(2)13-11-5-6-12(13)8-14(7-11)10(3)4;1-11(2)13-7-5-9-14(12(3)4)10-6-8-13;1-8(2)12-6-11-5-10(12)7-13(11)9(3)4;1-10(2)12-6-5-8-13(9-7-12)11(3)4;1-9(2)11-5-7-12(8-6-11)10(3)4;1-8(2)10-5-6-11(7-10)9(3)4;1-7(2)9-5-10(6-9)8(3)4;8*1-2;;/h13-14H,6-12H2,1-5H3;10-12H,5-9H2,1-4H3;2*9-13H,5-8H2,1-4H3;11-13H,5-10H2,1-4H3;8-12H,5-7H2,1-4H3;10-12H,5-9H2,1-4H3;9-11H,5-8H2,1-4H3;8-10H,5-7H2,1-4H3;7-9H,5-6H2,1-4H3;8*1-2H3;2*1H4. The molecule has 0 amide bonds. The van der Waals surface area contributed by atoms with Crippen LogP contribution < -0.4 is 0 Å². The summed E-state index contributed by atoms with van der Waals surface area (Å²) in [6.07, 6.45) is 39.2. The summed E-state index contributed by atoms with van der Waals surface area (Å²) in [5.74, 6) is 21.9. The Morgan fingerprint density at radius 3 is 0.853 bits per heavy atom. The quantitative estimate of drug-likeness (QED) is 0.125. The summed E-state index contributed by atoms with van der Waals surface area (Å²) in [6.45, 7) is 150. The molecule has 10 atom stereocenters. The number of hydrogen-bond donors (Lipinski definition) is 0. The lowest BCUT2D eigenvalue weighted by molar-refractivity contribution is 0.0408. The molecule has 910 valence electrons. The Kier molecular flexibility index (Phi) is 89.1. The van der Waals surface area contributed by atoms with Crippen LogP contribution in [-0.2, 0) is 0 Å². The molecule has 15 fully saturated rings. The van der Waals surface area contributed by atoms with Crippen LogP contribution >= 0.6 is 0 Å². The maximum Gasteiger partial charge on any atom is 0.0216 e. The average molecular weight is 2120 g/mol. The van der Waals surface area contributed by atoms with E-state index in [4.69, 9.17) is 0 Å². The minimum absolute atomic E-state index is 0. The Morgan fingerprint density at radius 1 is 0.227 bits per heavy atom. The smallest absolute Gasteiger partial charge is 0.0216 e. The average Bonchev–Trinajstić information content (AvgIpc) is 1.59. The van der Waals surface area contributed by atoms with Crippen LogP contribution in [0.15, 0.2) is 0 Å². The molecule has 4 aliphatic carbocycles. The van der Waals surface area contributed by atoms with Crippen molar-refractivity contribution in [1.82, 2.24) is 49.0 Å². The van der Waals surface area contributed by atoms with E-state index < -0.39 is 0 Å². The number of nitrogens with zero attached hydrogens (tertiary/aromatic N) is 10. The fourth-order valence-corrected chi connectivity index (χ4v) is 28.2. The van der Waals surface area contributed by atoms with Crippen LogP contribution in [-0.4, -0.2) is 237 Å². The molecule has 4 saturated carbocycles. The van der Waals surface area contributed by atoms with Gasteiger partial charge in [0.25, 0.3) is 0 Å². The molecule has 6 bridgehead atoms. The Labute approximate surface area is 955 Å². The molecule has 10 nitrogen and oxygen atoms in total. The summed E-state index contributed by atoms with van der Waals surface area (Å²) < 4.78 is 0. The summed E-state index contributed by atoms with van der Waals surface area (Å²) in [5.41, 5.74) is 1.72. The second-order valence-electron chi connectivity index (χ2n) is 55.0. The van der Waals surface area contributed by atoms with Gasteiger partial charge in [-0.2, -0.15) is 0 Å². The van der Waals surface area contributed by atoms with Gasteiger partial charge in [0.2, 0.25) is 0 Å². The van der Waals surface area contributed by atoms with Crippen LogP contribution in [0.2, 0.25) is 0 Å². The highest BCUT2D eigenvalue weighted by molar-refractivity contribution is 5.09. The third-order valence-electron chi connectivity index (χ3n) is 38.7. The van der Waals surface area contributed by atoms with Crippen LogP contribution in [0.3, 0.4) is 0 Å². The van der Waals surface area contributed by atoms with Crippen LogP contribution in [0, 0.1) is 142 Å². The highest BCUT2D eigenvalue weighted by atomic mass is 15.3. The maximum absolute atomic E-state index is 2.79. The molecule has 2 spiro atoms. The Hall–Kier alpha value is -0.400. The zero-order valence-corrected chi connectivity index (χ0v) is 114. The van der Waals surface area contributed by atoms with Crippen molar-refractivity contribution in [2.45, 2.75) is 666 Å². The second-order valence-corrected chi connectivity index (χ2v) is 55.0. The van der Waals surface area contributed by atoms with Gasteiger partial charge in [0.15, 0.2) is 0 Å². The molecule has 10 unspecified atom stereocenters. The van der Waals surface area contributed by atoms with Gasteiger partial charge < -0.3 is 29.4 Å². The lowest BCUT2D eigenvalue weighted by atomic mass is 9.67. The molecular weight excluding hydrogens is 1820 g/mol. The van der Waals surface area contributed by atoms with Crippen molar-refractivity contribution in [3.05, 3.63) is 0 Å². The summed E-state index contributed by atoms with van der Waals surface area (Å²) in [5, 5.41) is 0. The number of piperidine rings is 5. The first-order valence-electron chi connectivity index (χ1n) is 67.2. The van der Waals surface area contributed by atoms with Gasteiger partial charge in [-0.05, 0) is 519 Å². The molecule has 150 heavy (non-hydrogen) atoms. The SMILES string of the molecule is C.C.CC.CC.CC.CC.CC.CC.CC.CC.CC(C)C1C2CCC1CN(C(C)C)C2.CC(C)C1CC2CC1CN2C(C)C.CC(C)C1CC2CCC(C1)N2C(C)C.CC(C)C1CCC2(CC1)CCN(C(C)(C)C)C2.CC(C)C1CCCN(C(C)C)CC1.CC(C)C1CCCN(C(C)C)CCC1.CC(C)C1CCN(C(C)C)C1.CC(C)C1CCN(C(C)C)C2(CC2)C1.CC(C)C1CCN(C(C)C)CC1.CC(C)C1CN(C(C)C)C1. The molecule has 0 radical (unpaired) electrons. The zero-order chi connectivity index (χ0) is 115. The van der Waals surface area contributed by atoms with Crippen molar-refractivity contribution in [3.8, 4) is 0 Å². The maximum atomic E-state index is 2.79. The monoisotopic (exact) mass is 2120 g/mol.